The number of anilines is 1. The van der Waals surface area contributed by atoms with Gasteiger partial charge in [0.05, 0.1) is 25.6 Å². The maximum atomic E-state index is 13.0. The van der Waals surface area contributed by atoms with E-state index in [1.54, 1.807) is 18.2 Å². The van der Waals surface area contributed by atoms with Crippen molar-refractivity contribution in [1.29, 1.82) is 0 Å². The summed E-state index contributed by atoms with van der Waals surface area (Å²) in [6, 6.07) is 19.3. The van der Waals surface area contributed by atoms with Gasteiger partial charge in [-0.2, -0.15) is 0 Å². The molecular weight excluding hydrogens is 416 g/mol. The molecule has 1 saturated heterocycles. The van der Waals surface area contributed by atoms with Crippen molar-refractivity contribution in [2.24, 2.45) is 5.41 Å². The lowest BCUT2D eigenvalue weighted by Gasteiger charge is -2.22. The van der Waals surface area contributed by atoms with Crippen molar-refractivity contribution in [1.82, 2.24) is 4.98 Å². The third kappa shape index (κ3) is 5.45. The number of rotatable bonds is 7. The van der Waals surface area contributed by atoms with E-state index in [1.807, 2.05) is 60.7 Å². The highest BCUT2D eigenvalue weighted by Gasteiger charge is 2.34. The minimum atomic E-state index is -0.544. The molecule has 1 aliphatic heterocycles. The Morgan fingerprint density at radius 1 is 1.03 bits per heavy atom. The maximum Gasteiger partial charge on any atom is 0.268 e. The Bertz CT molecular complexity index is 1090. The number of carbonyl (C=O) groups is 1. The Balaban J connectivity index is 1.42. The fraction of sp³-hybridized carbons (Fsp3) is 0.333. The summed E-state index contributed by atoms with van der Waals surface area (Å²) in [6.45, 7) is 7.48. The first-order chi connectivity index (χ1) is 15.8. The van der Waals surface area contributed by atoms with E-state index in [-0.39, 0.29) is 11.3 Å². The average molecular weight is 447 g/mol. The molecule has 6 heteroatoms. The third-order valence-corrected chi connectivity index (χ3v) is 5.36. The van der Waals surface area contributed by atoms with Gasteiger partial charge in [0.25, 0.3) is 5.91 Å². The molecule has 1 amide bonds. The largest absolute Gasteiger partial charge is 0.493 e. The molecule has 0 aliphatic carbocycles. The Morgan fingerprint density at radius 3 is 2.48 bits per heavy atom. The van der Waals surface area contributed by atoms with Crippen molar-refractivity contribution in [2.45, 2.75) is 33.3 Å². The van der Waals surface area contributed by atoms with E-state index >= 15 is 0 Å². The molecule has 0 bridgehead atoms. The fourth-order valence-electron chi connectivity index (χ4n) is 3.65. The lowest BCUT2D eigenvalue weighted by atomic mass is 9.99. The van der Waals surface area contributed by atoms with Gasteiger partial charge in [0, 0.05) is 30.3 Å². The van der Waals surface area contributed by atoms with Crippen LogP contribution in [0.1, 0.15) is 27.2 Å². The molecule has 0 radical (unpaired) electrons. The maximum absolute atomic E-state index is 13.0. The SMILES string of the molecule is COc1cc(N2CCC(Oc3ccc(-c4ccccc4)nc3)C2=O)ccc1OCC(C)(C)C. The molecule has 6 nitrogen and oxygen atoms in total. The van der Waals surface area contributed by atoms with Crippen molar-refractivity contribution < 1.29 is 19.0 Å². The summed E-state index contributed by atoms with van der Waals surface area (Å²) in [7, 11) is 1.60. The van der Waals surface area contributed by atoms with Gasteiger partial charge in [-0.3, -0.25) is 9.78 Å². The molecule has 0 saturated carbocycles. The number of nitrogens with zero attached hydrogens (tertiary/aromatic N) is 2. The van der Waals surface area contributed by atoms with E-state index in [4.69, 9.17) is 14.2 Å². The Labute approximate surface area is 195 Å². The Morgan fingerprint density at radius 2 is 1.82 bits per heavy atom. The second-order valence-electron chi connectivity index (χ2n) is 9.31. The number of ether oxygens (including phenoxy) is 3. The number of hydrogen-bond acceptors (Lipinski definition) is 5. The molecule has 172 valence electrons. The van der Waals surface area contributed by atoms with Gasteiger partial charge in [-0.1, -0.05) is 51.1 Å². The average Bonchev–Trinajstić information content (AvgIpc) is 3.18. The highest BCUT2D eigenvalue weighted by atomic mass is 16.5. The van der Waals surface area contributed by atoms with Gasteiger partial charge in [0.15, 0.2) is 17.6 Å². The van der Waals surface area contributed by atoms with Crippen molar-refractivity contribution in [3.63, 3.8) is 0 Å². The van der Waals surface area contributed by atoms with Crippen LogP contribution in [0, 0.1) is 5.41 Å². The van der Waals surface area contributed by atoms with Crippen molar-refractivity contribution in [3.05, 3.63) is 66.9 Å². The first-order valence-electron chi connectivity index (χ1n) is 11.1. The number of amides is 1. The summed E-state index contributed by atoms with van der Waals surface area (Å²) in [4.78, 5) is 19.3. The summed E-state index contributed by atoms with van der Waals surface area (Å²) in [5.41, 5.74) is 2.70. The van der Waals surface area contributed by atoms with E-state index in [2.05, 4.69) is 25.8 Å². The summed E-state index contributed by atoms with van der Waals surface area (Å²) >= 11 is 0. The molecule has 1 atom stereocenters. The van der Waals surface area contributed by atoms with Crippen LogP contribution in [0.4, 0.5) is 5.69 Å². The molecule has 2 heterocycles. The van der Waals surface area contributed by atoms with Crippen molar-refractivity contribution in [3.8, 4) is 28.5 Å². The molecule has 1 unspecified atom stereocenters. The fourth-order valence-corrected chi connectivity index (χ4v) is 3.65. The van der Waals surface area contributed by atoms with Gasteiger partial charge < -0.3 is 19.1 Å². The molecule has 4 rings (SSSR count). The summed E-state index contributed by atoms with van der Waals surface area (Å²) < 4.78 is 17.4. The Kier molecular flexibility index (Phi) is 6.54. The molecular formula is C27H30N2O4. The molecule has 0 spiro atoms. The van der Waals surface area contributed by atoms with Gasteiger partial charge in [-0.25, -0.2) is 0 Å². The quantitative estimate of drug-likeness (QED) is 0.489. The van der Waals surface area contributed by atoms with Gasteiger partial charge in [-0.15, -0.1) is 0 Å². The molecule has 1 aliphatic rings. The minimum Gasteiger partial charge on any atom is -0.493 e. The second kappa shape index (κ2) is 9.53. The van der Waals surface area contributed by atoms with Crippen LogP contribution in [0.25, 0.3) is 11.3 Å². The number of aromatic nitrogens is 1. The van der Waals surface area contributed by atoms with Crippen LogP contribution in [0.5, 0.6) is 17.2 Å². The van der Waals surface area contributed by atoms with E-state index in [1.165, 1.54) is 0 Å². The monoisotopic (exact) mass is 446 g/mol. The number of pyridine rings is 1. The summed E-state index contributed by atoms with van der Waals surface area (Å²) in [6.07, 6.45) is 1.73. The molecule has 1 aromatic heterocycles. The Hall–Kier alpha value is -3.54. The predicted octanol–water partition coefficient (Wildman–Crippen LogP) is 5.37. The number of hydrogen-bond donors (Lipinski definition) is 0. The van der Waals surface area contributed by atoms with Crippen LogP contribution in [-0.4, -0.2) is 37.3 Å². The molecule has 0 N–H and O–H groups in total. The van der Waals surface area contributed by atoms with Gasteiger partial charge in [0.2, 0.25) is 0 Å². The van der Waals surface area contributed by atoms with Crippen LogP contribution < -0.4 is 19.1 Å². The van der Waals surface area contributed by atoms with Crippen LogP contribution >= 0.6 is 0 Å². The molecule has 1 fully saturated rings. The standard InChI is InChI=1S/C27H30N2O4/c1-27(2,3)18-32-23-13-10-20(16-25(23)31-4)29-15-14-24(26(29)30)33-21-11-12-22(28-17-21)19-8-6-5-7-9-19/h5-13,16-17,24H,14-15,18H2,1-4H3. The van der Waals surface area contributed by atoms with Gasteiger partial charge >= 0.3 is 0 Å². The van der Waals surface area contributed by atoms with Gasteiger partial charge in [-0.05, 0) is 29.7 Å². The zero-order valence-corrected chi connectivity index (χ0v) is 19.6. The summed E-state index contributed by atoms with van der Waals surface area (Å²) in [5.74, 6) is 1.78. The molecule has 33 heavy (non-hydrogen) atoms. The lowest BCUT2D eigenvalue weighted by molar-refractivity contribution is -0.122. The van der Waals surface area contributed by atoms with Crippen LogP contribution in [0.15, 0.2) is 66.9 Å². The second-order valence-corrected chi connectivity index (χ2v) is 9.31. The van der Waals surface area contributed by atoms with Crippen molar-refractivity contribution >= 4 is 11.6 Å². The summed E-state index contributed by atoms with van der Waals surface area (Å²) in [5, 5.41) is 0. The minimum absolute atomic E-state index is 0.0350. The number of carbonyl (C=O) groups excluding carboxylic acids is 1. The zero-order valence-electron chi connectivity index (χ0n) is 19.6. The third-order valence-electron chi connectivity index (χ3n) is 5.36. The smallest absolute Gasteiger partial charge is 0.268 e. The highest BCUT2D eigenvalue weighted by Crippen LogP contribution is 2.35. The van der Waals surface area contributed by atoms with Crippen molar-refractivity contribution in [2.75, 3.05) is 25.2 Å². The predicted molar refractivity (Wildman–Crippen MR) is 129 cm³/mol. The highest BCUT2D eigenvalue weighted by molar-refractivity contribution is 5.99. The normalized spacial score (nSPS) is 16.1. The molecule has 2 aromatic carbocycles. The van der Waals surface area contributed by atoms with Crippen LogP contribution in [-0.2, 0) is 4.79 Å². The number of benzene rings is 2. The first kappa shape index (κ1) is 22.6. The number of methoxy groups -OCH3 is 1. The van der Waals surface area contributed by atoms with Gasteiger partial charge in [0.1, 0.15) is 5.75 Å². The molecule has 3 aromatic rings. The van der Waals surface area contributed by atoms with E-state index in [0.29, 0.717) is 36.8 Å². The topological polar surface area (TPSA) is 60.9 Å². The van der Waals surface area contributed by atoms with Crippen LogP contribution in [0.3, 0.4) is 0 Å². The van der Waals surface area contributed by atoms with E-state index in [9.17, 15) is 4.79 Å². The zero-order chi connectivity index (χ0) is 23.4. The van der Waals surface area contributed by atoms with E-state index in [0.717, 1.165) is 16.9 Å². The van der Waals surface area contributed by atoms with E-state index < -0.39 is 6.10 Å². The van der Waals surface area contributed by atoms with Crippen LogP contribution in [0.2, 0.25) is 0 Å². The first-order valence-corrected chi connectivity index (χ1v) is 11.1. The lowest BCUT2D eigenvalue weighted by Crippen LogP contribution is -2.32.